The summed E-state index contributed by atoms with van der Waals surface area (Å²) in [6, 6.07) is 11.2. The van der Waals surface area contributed by atoms with Gasteiger partial charge in [0.15, 0.2) is 0 Å². The number of amides is 1. The molecular weight excluding hydrogens is 446 g/mol. The van der Waals surface area contributed by atoms with Crippen LogP contribution in [0.2, 0.25) is 0 Å². The molecule has 1 fully saturated rings. The topological polar surface area (TPSA) is 93.1 Å². The van der Waals surface area contributed by atoms with Gasteiger partial charge in [-0.25, -0.2) is 0 Å². The van der Waals surface area contributed by atoms with E-state index >= 15 is 0 Å². The molecule has 0 aliphatic carbocycles. The number of carbonyl (C=O) groups excluding carboxylic acids is 3. The minimum absolute atomic E-state index is 0.0465. The molecule has 1 unspecified atom stereocenters. The largest absolute Gasteiger partial charge is 0.507 e. The quantitative estimate of drug-likeness (QED) is 0.171. The van der Waals surface area contributed by atoms with Crippen LogP contribution in [-0.2, 0) is 14.4 Å². The van der Waals surface area contributed by atoms with E-state index < -0.39 is 23.7 Å². The molecule has 0 saturated carbocycles. The maximum Gasteiger partial charge on any atom is 0.308 e. The Hall–Kier alpha value is -3.61. The smallest absolute Gasteiger partial charge is 0.308 e. The van der Waals surface area contributed by atoms with E-state index in [1.807, 2.05) is 33.8 Å². The average molecular weight is 480 g/mol. The molecule has 186 valence electrons. The third-order valence-electron chi connectivity index (χ3n) is 5.96. The highest BCUT2D eigenvalue weighted by Gasteiger charge is 2.45. The molecule has 1 atom stereocenters. The molecule has 35 heavy (non-hydrogen) atoms. The van der Waals surface area contributed by atoms with Crippen molar-refractivity contribution in [2.75, 3.05) is 13.2 Å². The number of unbranched alkanes of at least 4 members (excludes halogenated alkanes) is 1. The van der Waals surface area contributed by atoms with Gasteiger partial charge in [0.1, 0.15) is 17.3 Å². The summed E-state index contributed by atoms with van der Waals surface area (Å²) in [6.07, 6.45) is 1.56. The second-order valence-electron chi connectivity index (χ2n) is 8.85. The Labute approximate surface area is 206 Å². The predicted molar refractivity (Wildman–Crippen MR) is 133 cm³/mol. The highest BCUT2D eigenvalue weighted by atomic mass is 16.5. The minimum Gasteiger partial charge on any atom is -0.507 e. The lowest BCUT2D eigenvalue weighted by molar-refractivity contribution is -0.139. The van der Waals surface area contributed by atoms with Crippen molar-refractivity contribution < 1.29 is 29.0 Å². The van der Waals surface area contributed by atoms with Crippen LogP contribution >= 0.6 is 0 Å². The average Bonchev–Trinajstić information content (AvgIpc) is 3.07. The standard InChI is InChI=1S/C28H33NO6/c1-6-8-15-29-25(19-9-12-21(13-10-19)35-18(5)30)24(27(32)28(29)33)26(31)20-11-14-23(34-7-2)22(16-20)17(3)4/h9-14,16-17,25,31H,6-8,15H2,1-5H3/b26-24-. The van der Waals surface area contributed by atoms with E-state index in [2.05, 4.69) is 0 Å². The van der Waals surface area contributed by atoms with Crippen LogP contribution in [0, 0.1) is 0 Å². The number of hydrogen-bond donors (Lipinski definition) is 1. The molecule has 7 nitrogen and oxygen atoms in total. The summed E-state index contributed by atoms with van der Waals surface area (Å²) in [5.74, 6) is -0.804. The van der Waals surface area contributed by atoms with Crippen LogP contribution in [0.4, 0.5) is 0 Å². The molecule has 1 N–H and O–H groups in total. The van der Waals surface area contributed by atoms with E-state index in [1.165, 1.54) is 11.8 Å². The first-order chi connectivity index (χ1) is 16.7. The molecule has 1 aliphatic heterocycles. The molecule has 1 amide bonds. The fourth-order valence-corrected chi connectivity index (χ4v) is 4.26. The second-order valence-corrected chi connectivity index (χ2v) is 8.85. The third-order valence-corrected chi connectivity index (χ3v) is 5.96. The lowest BCUT2D eigenvalue weighted by atomic mass is 9.93. The van der Waals surface area contributed by atoms with Gasteiger partial charge >= 0.3 is 5.97 Å². The molecule has 2 aromatic rings. The molecule has 0 aromatic heterocycles. The number of Topliss-reactive ketones (excluding diaryl/α,β-unsaturated/α-hetero) is 1. The van der Waals surface area contributed by atoms with Gasteiger partial charge < -0.3 is 19.5 Å². The van der Waals surface area contributed by atoms with Gasteiger partial charge in [0.25, 0.3) is 11.7 Å². The van der Waals surface area contributed by atoms with Crippen molar-refractivity contribution >= 4 is 23.4 Å². The van der Waals surface area contributed by atoms with Gasteiger partial charge in [0.05, 0.1) is 18.2 Å². The molecule has 1 saturated heterocycles. The Balaban J connectivity index is 2.14. The molecule has 0 radical (unpaired) electrons. The summed E-state index contributed by atoms with van der Waals surface area (Å²) < 4.78 is 10.8. The molecule has 0 bridgehead atoms. The van der Waals surface area contributed by atoms with E-state index in [1.54, 1.807) is 36.4 Å². The van der Waals surface area contributed by atoms with Crippen molar-refractivity contribution in [3.63, 3.8) is 0 Å². The van der Waals surface area contributed by atoms with E-state index in [-0.39, 0.29) is 17.3 Å². The van der Waals surface area contributed by atoms with Crippen molar-refractivity contribution in [1.82, 2.24) is 4.90 Å². The molecule has 1 heterocycles. The van der Waals surface area contributed by atoms with Gasteiger partial charge in [-0.3, -0.25) is 14.4 Å². The van der Waals surface area contributed by atoms with Gasteiger partial charge in [-0.05, 0) is 60.7 Å². The fourth-order valence-electron chi connectivity index (χ4n) is 4.26. The lowest BCUT2D eigenvalue weighted by Gasteiger charge is -2.25. The fraction of sp³-hybridized carbons (Fsp3) is 0.393. The van der Waals surface area contributed by atoms with E-state index in [4.69, 9.17) is 9.47 Å². The maximum absolute atomic E-state index is 13.2. The zero-order valence-corrected chi connectivity index (χ0v) is 21.0. The van der Waals surface area contributed by atoms with Crippen LogP contribution in [0.15, 0.2) is 48.0 Å². The number of carbonyl (C=O) groups is 3. The molecule has 3 rings (SSSR count). The van der Waals surface area contributed by atoms with Gasteiger partial charge in [-0.15, -0.1) is 0 Å². The summed E-state index contributed by atoms with van der Waals surface area (Å²) >= 11 is 0. The maximum atomic E-state index is 13.2. The van der Waals surface area contributed by atoms with Crippen molar-refractivity contribution in [1.29, 1.82) is 0 Å². The number of ether oxygens (including phenoxy) is 2. The summed E-state index contributed by atoms with van der Waals surface area (Å²) in [7, 11) is 0. The lowest BCUT2D eigenvalue weighted by Crippen LogP contribution is -2.30. The Bertz CT molecular complexity index is 1130. The number of esters is 1. The van der Waals surface area contributed by atoms with Crippen molar-refractivity contribution in [2.45, 2.75) is 59.4 Å². The van der Waals surface area contributed by atoms with Crippen molar-refractivity contribution in [3.8, 4) is 11.5 Å². The molecule has 1 aliphatic rings. The summed E-state index contributed by atoms with van der Waals surface area (Å²) in [6.45, 7) is 10.2. The number of benzene rings is 2. The van der Waals surface area contributed by atoms with Crippen LogP contribution in [0.3, 0.4) is 0 Å². The zero-order chi connectivity index (χ0) is 25.7. The highest BCUT2D eigenvalue weighted by molar-refractivity contribution is 6.46. The first-order valence-corrected chi connectivity index (χ1v) is 12.0. The van der Waals surface area contributed by atoms with Crippen LogP contribution in [0.25, 0.3) is 5.76 Å². The Morgan fingerprint density at radius 3 is 2.34 bits per heavy atom. The van der Waals surface area contributed by atoms with Crippen molar-refractivity contribution in [2.24, 2.45) is 0 Å². The number of hydrogen-bond acceptors (Lipinski definition) is 6. The molecule has 2 aromatic carbocycles. The van der Waals surface area contributed by atoms with Crippen LogP contribution in [0.5, 0.6) is 11.5 Å². The van der Waals surface area contributed by atoms with E-state index in [0.717, 1.165) is 24.2 Å². The second kappa shape index (κ2) is 11.2. The number of likely N-dealkylation sites (tertiary alicyclic amines) is 1. The molecule has 0 spiro atoms. The third kappa shape index (κ3) is 5.56. The molecular formula is C28H33NO6. The van der Waals surface area contributed by atoms with Crippen LogP contribution in [0.1, 0.15) is 76.1 Å². The monoisotopic (exact) mass is 479 g/mol. The van der Waals surface area contributed by atoms with Gasteiger partial charge in [-0.2, -0.15) is 0 Å². The minimum atomic E-state index is -0.748. The number of ketones is 1. The number of nitrogens with zero attached hydrogens (tertiary/aromatic N) is 1. The van der Waals surface area contributed by atoms with Gasteiger partial charge in [-0.1, -0.05) is 39.3 Å². The van der Waals surface area contributed by atoms with E-state index in [9.17, 15) is 19.5 Å². The number of aliphatic hydroxyl groups excluding tert-OH is 1. The summed E-state index contributed by atoms with van der Waals surface area (Å²) in [5.41, 5.74) is 2.04. The number of rotatable bonds is 9. The Kier molecular flexibility index (Phi) is 8.33. The van der Waals surface area contributed by atoms with Gasteiger partial charge in [0, 0.05) is 19.0 Å². The summed E-state index contributed by atoms with van der Waals surface area (Å²) in [5, 5.41) is 11.4. The van der Waals surface area contributed by atoms with E-state index in [0.29, 0.717) is 30.0 Å². The summed E-state index contributed by atoms with van der Waals surface area (Å²) in [4.78, 5) is 39.0. The predicted octanol–water partition coefficient (Wildman–Crippen LogP) is 5.36. The van der Waals surface area contributed by atoms with Crippen LogP contribution < -0.4 is 9.47 Å². The Morgan fingerprint density at radius 1 is 1.09 bits per heavy atom. The highest BCUT2D eigenvalue weighted by Crippen LogP contribution is 2.41. The normalized spacial score (nSPS) is 17.2. The van der Waals surface area contributed by atoms with Crippen molar-refractivity contribution in [3.05, 3.63) is 64.7 Å². The van der Waals surface area contributed by atoms with Gasteiger partial charge in [0.2, 0.25) is 0 Å². The Morgan fingerprint density at radius 2 is 1.77 bits per heavy atom. The van der Waals surface area contributed by atoms with Crippen LogP contribution in [-0.4, -0.2) is 40.8 Å². The zero-order valence-electron chi connectivity index (χ0n) is 21.0. The number of aliphatic hydroxyl groups is 1. The first kappa shape index (κ1) is 26.0. The SMILES string of the molecule is CCCCN1C(=O)C(=O)/C(=C(\O)c2ccc(OCC)c(C(C)C)c2)C1c1ccc(OC(C)=O)cc1. The first-order valence-electron chi connectivity index (χ1n) is 12.0. The molecule has 7 heteroatoms.